The number of hydrogen-bond acceptors (Lipinski definition) is 2. The van der Waals surface area contributed by atoms with E-state index in [1.54, 1.807) is 0 Å². The van der Waals surface area contributed by atoms with Crippen LogP contribution in [-0.4, -0.2) is 19.6 Å². The second-order valence-electron chi connectivity index (χ2n) is 4.04. The Kier molecular flexibility index (Phi) is 6.69. The summed E-state index contributed by atoms with van der Waals surface area (Å²) in [7, 11) is 1.97. The first-order valence-electron chi connectivity index (χ1n) is 5.15. The molecule has 0 aromatic heterocycles. The van der Waals surface area contributed by atoms with Crippen molar-refractivity contribution in [3.05, 3.63) is 11.8 Å². The molecular formula is C11H24N2. The van der Waals surface area contributed by atoms with Crippen molar-refractivity contribution in [2.75, 3.05) is 13.6 Å². The Balaban J connectivity index is 3.60. The summed E-state index contributed by atoms with van der Waals surface area (Å²) >= 11 is 0. The molecule has 78 valence electrons. The van der Waals surface area contributed by atoms with Gasteiger partial charge < -0.3 is 10.6 Å². The molecule has 0 heterocycles. The van der Waals surface area contributed by atoms with Crippen LogP contribution in [0.4, 0.5) is 0 Å². The SMILES string of the molecule is CNC(C)/C=C(/C)NCCC(C)C. The molecule has 2 heteroatoms. The van der Waals surface area contributed by atoms with Crippen molar-refractivity contribution >= 4 is 0 Å². The van der Waals surface area contributed by atoms with Gasteiger partial charge in [0.15, 0.2) is 0 Å². The third kappa shape index (κ3) is 7.85. The van der Waals surface area contributed by atoms with E-state index in [0.717, 1.165) is 12.5 Å². The Morgan fingerprint density at radius 3 is 2.38 bits per heavy atom. The summed E-state index contributed by atoms with van der Waals surface area (Å²) in [4.78, 5) is 0. The van der Waals surface area contributed by atoms with E-state index in [1.807, 2.05) is 7.05 Å². The molecule has 0 aliphatic rings. The number of rotatable bonds is 6. The molecule has 1 unspecified atom stereocenters. The van der Waals surface area contributed by atoms with Gasteiger partial charge in [0.1, 0.15) is 0 Å². The fourth-order valence-electron chi connectivity index (χ4n) is 1.08. The molecule has 0 rings (SSSR count). The zero-order valence-corrected chi connectivity index (χ0v) is 9.65. The molecule has 0 saturated heterocycles. The van der Waals surface area contributed by atoms with Gasteiger partial charge in [0.05, 0.1) is 0 Å². The van der Waals surface area contributed by atoms with Gasteiger partial charge >= 0.3 is 0 Å². The lowest BCUT2D eigenvalue weighted by Crippen LogP contribution is -2.22. The zero-order chi connectivity index (χ0) is 10.3. The summed E-state index contributed by atoms with van der Waals surface area (Å²) in [6.07, 6.45) is 3.44. The average Bonchev–Trinajstić information content (AvgIpc) is 2.03. The van der Waals surface area contributed by atoms with Crippen molar-refractivity contribution in [1.29, 1.82) is 0 Å². The Labute approximate surface area is 82.8 Å². The average molecular weight is 184 g/mol. The highest BCUT2D eigenvalue weighted by molar-refractivity contribution is 5.00. The summed E-state index contributed by atoms with van der Waals surface area (Å²) in [6, 6.07) is 0.451. The molecule has 2 nitrogen and oxygen atoms in total. The molecule has 1 atom stereocenters. The molecular weight excluding hydrogens is 160 g/mol. The van der Waals surface area contributed by atoms with Crippen molar-refractivity contribution in [3.8, 4) is 0 Å². The summed E-state index contributed by atoms with van der Waals surface area (Å²) in [6.45, 7) is 9.84. The van der Waals surface area contributed by atoms with Crippen LogP contribution in [0.1, 0.15) is 34.1 Å². The molecule has 0 saturated carbocycles. The fourth-order valence-corrected chi connectivity index (χ4v) is 1.08. The van der Waals surface area contributed by atoms with Crippen LogP contribution in [-0.2, 0) is 0 Å². The monoisotopic (exact) mass is 184 g/mol. The largest absolute Gasteiger partial charge is 0.389 e. The summed E-state index contributed by atoms with van der Waals surface area (Å²) in [5.74, 6) is 0.780. The van der Waals surface area contributed by atoms with Crippen molar-refractivity contribution in [3.63, 3.8) is 0 Å². The first kappa shape index (κ1) is 12.5. The van der Waals surface area contributed by atoms with Crippen molar-refractivity contribution in [1.82, 2.24) is 10.6 Å². The van der Waals surface area contributed by atoms with E-state index < -0.39 is 0 Å². The summed E-state index contributed by atoms with van der Waals surface area (Å²) < 4.78 is 0. The smallest absolute Gasteiger partial charge is 0.0238 e. The van der Waals surface area contributed by atoms with E-state index in [4.69, 9.17) is 0 Å². The maximum Gasteiger partial charge on any atom is 0.0238 e. The minimum Gasteiger partial charge on any atom is -0.389 e. The predicted molar refractivity (Wildman–Crippen MR) is 59.7 cm³/mol. The molecule has 0 spiro atoms. The van der Waals surface area contributed by atoms with Crippen LogP contribution in [0.2, 0.25) is 0 Å². The fraction of sp³-hybridized carbons (Fsp3) is 0.818. The van der Waals surface area contributed by atoms with Crippen molar-refractivity contribution in [2.24, 2.45) is 5.92 Å². The molecule has 0 amide bonds. The molecule has 0 radical (unpaired) electrons. The molecule has 2 N–H and O–H groups in total. The van der Waals surface area contributed by atoms with Gasteiger partial charge in [-0.15, -0.1) is 0 Å². The van der Waals surface area contributed by atoms with E-state index in [1.165, 1.54) is 12.1 Å². The van der Waals surface area contributed by atoms with E-state index in [9.17, 15) is 0 Å². The molecule has 0 aliphatic heterocycles. The number of nitrogens with one attached hydrogen (secondary N) is 2. The second kappa shape index (κ2) is 6.96. The van der Waals surface area contributed by atoms with Gasteiger partial charge in [-0.2, -0.15) is 0 Å². The van der Waals surface area contributed by atoms with Crippen LogP contribution in [0.5, 0.6) is 0 Å². The Bertz CT molecular complexity index is 150. The quantitative estimate of drug-likeness (QED) is 0.661. The van der Waals surface area contributed by atoms with Gasteiger partial charge in [0.2, 0.25) is 0 Å². The minimum absolute atomic E-state index is 0.451. The third-order valence-corrected chi connectivity index (χ3v) is 2.08. The Morgan fingerprint density at radius 2 is 1.92 bits per heavy atom. The highest BCUT2D eigenvalue weighted by atomic mass is 14.9. The van der Waals surface area contributed by atoms with Crippen LogP contribution < -0.4 is 10.6 Å². The van der Waals surface area contributed by atoms with Crippen LogP contribution in [0.25, 0.3) is 0 Å². The van der Waals surface area contributed by atoms with Gasteiger partial charge in [-0.05, 0) is 39.3 Å². The topological polar surface area (TPSA) is 24.1 Å². The van der Waals surface area contributed by atoms with Gasteiger partial charge in [-0.1, -0.05) is 13.8 Å². The molecule has 0 bridgehead atoms. The summed E-state index contributed by atoms with van der Waals surface area (Å²) in [5, 5.41) is 6.58. The first-order chi connectivity index (χ1) is 6.06. The maximum atomic E-state index is 3.40. The van der Waals surface area contributed by atoms with E-state index in [0.29, 0.717) is 6.04 Å². The standard InChI is InChI=1S/C11H24N2/c1-9(2)6-7-13-11(4)8-10(3)12-5/h8-10,12-13H,6-7H2,1-5H3/b11-8-. The lowest BCUT2D eigenvalue weighted by atomic mass is 10.1. The van der Waals surface area contributed by atoms with Crippen LogP contribution in [0.15, 0.2) is 11.8 Å². The van der Waals surface area contributed by atoms with Crippen molar-refractivity contribution < 1.29 is 0 Å². The highest BCUT2D eigenvalue weighted by Gasteiger charge is 1.95. The van der Waals surface area contributed by atoms with E-state index in [2.05, 4.69) is 44.4 Å². The van der Waals surface area contributed by atoms with Crippen molar-refractivity contribution in [2.45, 2.75) is 40.2 Å². The van der Waals surface area contributed by atoms with E-state index in [-0.39, 0.29) is 0 Å². The molecule has 0 fully saturated rings. The minimum atomic E-state index is 0.451. The third-order valence-electron chi connectivity index (χ3n) is 2.08. The molecule has 0 aromatic rings. The Morgan fingerprint density at radius 1 is 1.31 bits per heavy atom. The Hall–Kier alpha value is -0.500. The van der Waals surface area contributed by atoms with Crippen LogP contribution in [0.3, 0.4) is 0 Å². The predicted octanol–water partition coefficient (Wildman–Crippen LogP) is 2.13. The van der Waals surface area contributed by atoms with Gasteiger partial charge in [-0.3, -0.25) is 0 Å². The summed E-state index contributed by atoms with van der Waals surface area (Å²) in [5.41, 5.74) is 1.27. The van der Waals surface area contributed by atoms with Gasteiger partial charge in [-0.25, -0.2) is 0 Å². The lowest BCUT2D eigenvalue weighted by Gasteiger charge is -2.10. The van der Waals surface area contributed by atoms with Crippen LogP contribution in [0, 0.1) is 5.92 Å². The second-order valence-corrected chi connectivity index (χ2v) is 4.04. The molecule has 0 aromatic carbocycles. The number of allylic oxidation sites excluding steroid dienone is 1. The normalized spacial score (nSPS) is 14.8. The molecule has 13 heavy (non-hydrogen) atoms. The lowest BCUT2D eigenvalue weighted by molar-refractivity contribution is 0.561. The van der Waals surface area contributed by atoms with Gasteiger partial charge in [0.25, 0.3) is 0 Å². The number of likely N-dealkylation sites (N-methyl/N-ethyl adjacent to an activating group) is 1. The molecule has 0 aliphatic carbocycles. The van der Waals surface area contributed by atoms with E-state index >= 15 is 0 Å². The number of hydrogen-bond donors (Lipinski definition) is 2. The zero-order valence-electron chi connectivity index (χ0n) is 9.65. The highest BCUT2D eigenvalue weighted by Crippen LogP contribution is 1.98. The van der Waals surface area contributed by atoms with Crippen LogP contribution >= 0.6 is 0 Å². The van der Waals surface area contributed by atoms with Gasteiger partial charge in [0, 0.05) is 18.3 Å². The maximum absolute atomic E-state index is 3.40. The first-order valence-corrected chi connectivity index (χ1v) is 5.15.